The highest BCUT2D eigenvalue weighted by atomic mass is 32.1. The number of rotatable bonds is 8. The molecule has 36 heavy (non-hydrogen) atoms. The summed E-state index contributed by atoms with van der Waals surface area (Å²) in [6.07, 6.45) is 10.0. The second-order valence-corrected chi connectivity index (χ2v) is 11.3. The van der Waals surface area contributed by atoms with Gasteiger partial charge >= 0.3 is 0 Å². The van der Waals surface area contributed by atoms with Gasteiger partial charge in [-0.3, -0.25) is 9.69 Å². The van der Waals surface area contributed by atoms with Crippen molar-refractivity contribution < 1.29 is 18.3 Å². The number of pyridine rings is 1. The van der Waals surface area contributed by atoms with E-state index < -0.39 is 12.5 Å². The third-order valence-electron chi connectivity index (χ3n) is 7.11. The number of halogens is 2. The van der Waals surface area contributed by atoms with Gasteiger partial charge in [0.1, 0.15) is 5.65 Å². The van der Waals surface area contributed by atoms with Crippen LogP contribution in [0.15, 0.2) is 24.5 Å². The van der Waals surface area contributed by atoms with E-state index in [1.807, 2.05) is 35.9 Å². The fourth-order valence-corrected chi connectivity index (χ4v) is 6.06. The first-order chi connectivity index (χ1) is 17.2. The van der Waals surface area contributed by atoms with Crippen LogP contribution in [0.1, 0.15) is 65.7 Å². The van der Waals surface area contributed by atoms with Gasteiger partial charge in [-0.1, -0.05) is 11.3 Å². The van der Waals surface area contributed by atoms with E-state index in [1.165, 1.54) is 11.3 Å². The number of amides is 1. The molecule has 3 aromatic heterocycles. The number of ether oxygens (including phenoxy) is 1. The number of carbonyl (C=O) groups is 1. The number of hydrogen-bond acceptors (Lipinski definition) is 6. The topological polar surface area (TPSA) is 71.8 Å². The molecule has 1 amide bonds. The lowest BCUT2D eigenvalue weighted by atomic mass is 9.84. The molecule has 4 heterocycles. The van der Waals surface area contributed by atoms with Gasteiger partial charge < -0.3 is 14.5 Å². The monoisotopic (exact) mass is 517 g/mol. The molecular formula is C26H33F2N5O2S. The van der Waals surface area contributed by atoms with Gasteiger partial charge in [0, 0.05) is 43.3 Å². The molecule has 10 heteroatoms. The summed E-state index contributed by atoms with van der Waals surface area (Å²) < 4.78 is 33.2. The molecule has 0 unspecified atom stereocenters. The molecule has 0 atom stereocenters. The summed E-state index contributed by atoms with van der Waals surface area (Å²) in [5.74, 6) is -2.22. The highest BCUT2D eigenvalue weighted by Crippen LogP contribution is 2.32. The van der Waals surface area contributed by atoms with E-state index in [0.29, 0.717) is 16.7 Å². The van der Waals surface area contributed by atoms with Gasteiger partial charge in [-0.25, -0.2) is 18.7 Å². The normalized spacial score (nSPS) is 20.9. The summed E-state index contributed by atoms with van der Waals surface area (Å²) in [5, 5.41) is 3.57. The van der Waals surface area contributed by atoms with Crippen molar-refractivity contribution in [3.63, 3.8) is 0 Å². The highest BCUT2D eigenvalue weighted by Gasteiger charge is 2.27. The van der Waals surface area contributed by atoms with Gasteiger partial charge in [0.25, 0.3) is 17.0 Å². The molecule has 0 radical (unpaired) electrons. The Hall–Kier alpha value is -2.59. The Morgan fingerprint density at radius 3 is 2.81 bits per heavy atom. The summed E-state index contributed by atoms with van der Waals surface area (Å²) in [5.41, 5.74) is 3.40. The lowest BCUT2D eigenvalue weighted by Crippen LogP contribution is -2.38. The van der Waals surface area contributed by atoms with E-state index in [2.05, 4.69) is 20.2 Å². The number of carbonyl (C=O) groups excluding carboxylic acids is 1. The minimum atomic E-state index is -2.85. The van der Waals surface area contributed by atoms with Gasteiger partial charge in [0.15, 0.2) is 6.61 Å². The Labute approximate surface area is 213 Å². The fourth-order valence-electron chi connectivity index (χ4n) is 5.15. The van der Waals surface area contributed by atoms with Crippen molar-refractivity contribution >= 4 is 22.9 Å². The Balaban J connectivity index is 1.04. The minimum absolute atomic E-state index is 0.0231. The van der Waals surface area contributed by atoms with Crippen LogP contribution in [-0.4, -0.2) is 56.8 Å². The third kappa shape index (κ3) is 6.21. The van der Waals surface area contributed by atoms with E-state index in [1.54, 1.807) is 0 Å². The van der Waals surface area contributed by atoms with Crippen LogP contribution < -0.4 is 10.1 Å². The third-order valence-corrected chi connectivity index (χ3v) is 8.18. The lowest BCUT2D eigenvalue weighted by molar-refractivity contribution is -0.0230. The smallest absolute Gasteiger partial charge is 0.278 e. The second kappa shape index (κ2) is 10.4. The quantitative estimate of drug-likeness (QED) is 0.462. The highest BCUT2D eigenvalue weighted by molar-refractivity contribution is 7.13. The number of nitrogens with one attached hydrogen (secondary N) is 1. The van der Waals surface area contributed by atoms with E-state index in [-0.39, 0.29) is 11.9 Å². The fraction of sp³-hybridized carbons (Fsp3) is 0.577. The van der Waals surface area contributed by atoms with Gasteiger partial charge in [-0.05, 0) is 70.0 Å². The number of alkyl halides is 2. The number of thiazole rings is 1. The lowest BCUT2D eigenvalue weighted by Gasteiger charge is -2.32. The molecule has 5 rings (SSSR count). The molecule has 7 nitrogen and oxygen atoms in total. The molecule has 0 bridgehead atoms. The molecular weight excluding hydrogens is 484 g/mol. The van der Waals surface area contributed by atoms with E-state index in [4.69, 9.17) is 4.74 Å². The molecule has 0 saturated heterocycles. The zero-order valence-corrected chi connectivity index (χ0v) is 21.6. The number of imidazole rings is 1. The zero-order valence-electron chi connectivity index (χ0n) is 20.8. The molecule has 0 spiro atoms. The van der Waals surface area contributed by atoms with Gasteiger partial charge in [-0.2, -0.15) is 0 Å². The maximum atomic E-state index is 13.1. The standard InChI is InChI=1S/C26H33F2N5O2S/c1-17-13-33-14-19(5-8-23(33)29-17)24(34)30-20-6-3-18(4-7-20)9-11-32-12-10-22-21(15-32)31-25(36-22)35-16-26(2,27)28/h5,8,13-14,18,20H,3-4,6-7,9-12,15-16H2,1-2H3,(H,30,34)/t18-,20-. The average molecular weight is 518 g/mol. The summed E-state index contributed by atoms with van der Waals surface area (Å²) >= 11 is 1.40. The first-order valence-corrected chi connectivity index (χ1v) is 13.5. The summed E-state index contributed by atoms with van der Waals surface area (Å²) in [4.78, 5) is 25.2. The van der Waals surface area contributed by atoms with Crippen LogP contribution in [-0.2, 0) is 13.0 Å². The summed E-state index contributed by atoms with van der Waals surface area (Å²) in [7, 11) is 0. The number of nitrogens with zero attached hydrogens (tertiary/aromatic N) is 4. The number of aromatic nitrogens is 3. The molecule has 2 aliphatic rings. The predicted molar refractivity (Wildman–Crippen MR) is 135 cm³/mol. The van der Waals surface area contributed by atoms with Crippen molar-refractivity contribution in [2.24, 2.45) is 5.92 Å². The maximum absolute atomic E-state index is 13.1. The first-order valence-electron chi connectivity index (χ1n) is 12.7. The van der Waals surface area contributed by atoms with Crippen LogP contribution in [0.2, 0.25) is 0 Å². The van der Waals surface area contributed by atoms with Crippen LogP contribution >= 0.6 is 11.3 Å². The van der Waals surface area contributed by atoms with Gasteiger partial charge in [0.05, 0.1) is 17.0 Å². The molecule has 0 aromatic carbocycles. The Morgan fingerprint density at radius 2 is 2.03 bits per heavy atom. The maximum Gasteiger partial charge on any atom is 0.278 e. The molecule has 1 fully saturated rings. The van der Waals surface area contributed by atoms with Crippen molar-refractivity contribution in [3.05, 3.63) is 46.4 Å². The number of aryl methyl sites for hydroxylation is 1. The molecule has 1 aliphatic carbocycles. The van der Waals surface area contributed by atoms with Gasteiger partial charge in [0.2, 0.25) is 0 Å². The minimum Gasteiger partial charge on any atom is -0.464 e. The van der Waals surface area contributed by atoms with Crippen molar-refractivity contribution in [2.75, 3.05) is 19.7 Å². The number of fused-ring (bicyclic) bond motifs is 2. The van der Waals surface area contributed by atoms with Crippen molar-refractivity contribution in [1.29, 1.82) is 0 Å². The van der Waals surface area contributed by atoms with Crippen molar-refractivity contribution in [1.82, 2.24) is 24.6 Å². The van der Waals surface area contributed by atoms with E-state index >= 15 is 0 Å². The second-order valence-electron chi connectivity index (χ2n) is 10.3. The largest absolute Gasteiger partial charge is 0.464 e. The average Bonchev–Trinajstić information content (AvgIpc) is 3.42. The predicted octanol–water partition coefficient (Wildman–Crippen LogP) is 4.87. The van der Waals surface area contributed by atoms with Gasteiger partial charge in [-0.15, -0.1) is 0 Å². The van der Waals surface area contributed by atoms with E-state index in [0.717, 1.165) is 87.0 Å². The molecule has 1 N–H and O–H groups in total. The van der Waals surface area contributed by atoms with Crippen molar-refractivity contribution in [2.45, 2.75) is 70.9 Å². The Kier molecular flexibility index (Phi) is 7.25. The summed E-state index contributed by atoms with van der Waals surface area (Å²) in [6.45, 7) is 4.89. The molecule has 194 valence electrons. The SMILES string of the molecule is Cc1cn2cc(C(=O)N[C@H]3CC[C@H](CCN4CCc5sc(OCC(C)(F)F)nc5C4)CC3)ccc2n1. The zero-order chi connectivity index (χ0) is 25.3. The van der Waals surface area contributed by atoms with Crippen LogP contribution in [0.4, 0.5) is 8.78 Å². The molecule has 1 saturated carbocycles. The summed E-state index contributed by atoms with van der Waals surface area (Å²) in [6, 6.07) is 3.94. The number of hydrogen-bond donors (Lipinski definition) is 1. The Morgan fingerprint density at radius 1 is 1.22 bits per heavy atom. The van der Waals surface area contributed by atoms with Crippen LogP contribution in [0.5, 0.6) is 5.19 Å². The van der Waals surface area contributed by atoms with Crippen LogP contribution in [0.3, 0.4) is 0 Å². The molecule has 1 aliphatic heterocycles. The Bertz CT molecular complexity index is 1210. The van der Waals surface area contributed by atoms with E-state index in [9.17, 15) is 13.6 Å². The molecule has 3 aromatic rings. The first kappa shape index (κ1) is 25.1. The van der Waals surface area contributed by atoms with Crippen molar-refractivity contribution in [3.8, 4) is 5.19 Å². The van der Waals surface area contributed by atoms with Crippen LogP contribution in [0, 0.1) is 12.8 Å². The van der Waals surface area contributed by atoms with Crippen LogP contribution in [0.25, 0.3) is 5.65 Å².